The summed E-state index contributed by atoms with van der Waals surface area (Å²) in [5, 5.41) is 2.99. The third-order valence-electron chi connectivity index (χ3n) is 4.71. The summed E-state index contributed by atoms with van der Waals surface area (Å²) in [7, 11) is 0. The summed E-state index contributed by atoms with van der Waals surface area (Å²) in [5.74, 6) is 1.43. The molecule has 1 atom stereocenters. The van der Waals surface area contributed by atoms with Crippen molar-refractivity contribution in [1.82, 2.24) is 9.88 Å². The van der Waals surface area contributed by atoms with Gasteiger partial charge in [-0.1, -0.05) is 25.1 Å². The van der Waals surface area contributed by atoms with Crippen LogP contribution >= 0.6 is 11.3 Å². The van der Waals surface area contributed by atoms with E-state index in [1.165, 1.54) is 0 Å². The first-order valence-electron chi connectivity index (χ1n) is 9.00. The molecule has 1 fully saturated rings. The number of thiazole rings is 1. The van der Waals surface area contributed by atoms with Gasteiger partial charge in [0.1, 0.15) is 17.4 Å². The molecule has 1 aliphatic carbocycles. The van der Waals surface area contributed by atoms with Crippen LogP contribution in [0.2, 0.25) is 0 Å². The molecule has 1 aromatic heterocycles. The molecule has 134 valence electrons. The summed E-state index contributed by atoms with van der Waals surface area (Å²) < 4.78 is 5.87. The van der Waals surface area contributed by atoms with E-state index in [1.807, 2.05) is 41.5 Å². The van der Waals surface area contributed by atoms with Crippen molar-refractivity contribution in [1.29, 1.82) is 0 Å². The average molecular weight is 359 g/mol. The number of nitrogens with zero attached hydrogens (tertiary/aromatic N) is 2. The van der Waals surface area contributed by atoms with Gasteiger partial charge in [-0.05, 0) is 44.7 Å². The third kappa shape index (κ3) is 4.60. The smallest absolute Gasteiger partial charge is 0.226 e. The van der Waals surface area contributed by atoms with Crippen LogP contribution in [0.1, 0.15) is 49.4 Å². The zero-order valence-electron chi connectivity index (χ0n) is 15.2. The number of carbonyl (C=O) groups excluding carboxylic acids is 1. The van der Waals surface area contributed by atoms with Crippen molar-refractivity contribution in [2.24, 2.45) is 5.92 Å². The lowest BCUT2D eigenvalue weighted by atomic mass is 10.2. The lowest BCUT2D eigenvalue weighted by molar-refractivity contribution is -0.135. The van der Waals surface area contributed by atoms with E-state index in [-0.39, 0.29) is 12.0 Å². The number of amides is 1. The fraction of sp³-hybridized carbons (Fsp3) is 0.500. The van der Waals surface area contributed by atoms with Gasteiger partial charge in [-0.2, -0.15) is 0 Å². The van der Waals surface area contributed by atoms with Gasteiger partial charge in [0.2, 0.25) is 5.91 Å². The summed E-state index contributed by atoms with van der Waals surface area (Å²) in [5.41, 5.74) is 2.08. The summed E-state index contributed by atoms with van der Waals surface area (Å²) in [6.07, 6.45) is 3.04. The van der Waals surface area contributed by atoms with Crippen molar-refractivity contribution in [2.75, 3.05) is 0 Å². The normalized spacial score (nSPS) is 15.0. The molecule has 0 saturated heterocycles. The number of carbonyl (C=O) groups is 1. The first-order chi connectivity index (χ1) is 12.1. The van der Waals surface area contributed by atoms with Crippen LogP contribution in [0.4, 0.5) is 0 Å². The van der Waals surface area contributed by atoms with Gasteiger partial charge in [0.05, 0.1) is 12.2 Å². The first kappa shape index (κ1) is 17.9. The Labute approximate surface area is 153 Å². The lowest BCUT2D eigenvalue weighted by Crippen LogP contribution is -2.38. The van der Waals surface area contributed by atoms with Crippen LogP contribution in [-0.2, 0) is 17.9 Å². The number of rotatable bonds is 8. The first-order valence-corrected chi connectivity index (χ1v) is 9.88. The second kappa shape index (κ2) is 8.00. The molecule has 5 heteroatoms. The van der Waals surface area contributed by atoms with E-state index in [0.717, 1.165) is 41.3 Å². The predicted octanol–water partition coefficient (Wildman–Crippen LogP) is 4.57. The van der Waals surface area contributed by atoms with Crippen LogP contribution in [0.3, 0.4) is 0 Å². The highest BCUT2D eigenvalue weighted by Crippen LogP contribution is 2.32. The van der Waals surface area contributed by atoms with Crippen molar-refractivity contribution in [3.8, 4) is 5.75 Å². The number of ether oxygens (including phenoxy) is 1. The van der Waals surface area contributed by atoms with Crippen molar-refractivity contribution in [2.45, 2.75) is 59.2 Å². The Morgan fingerprint density at radius 1 is 1.40 bits per heavy atom. The molecule has 1 heterocycles. The van der Waals surface area contributed by atoms with Gasteiger partial charge in [0.25, 0.3) is 0 Å². The molecule has 0 N–H and O–H groups in total. The number of benzene rings is 1. The Morgan fingerprint density at radius 3 is 2.84 bits per heavy atom. The molecule has 1 saturated carbocycles. The molecule has 0 bridgehead atoms. The highest BCUT2D eigenvalue weighted by atomic mass is 32.1. The monoisotopic (exact) mass is 358 g/mol. The Morgan fingerprint density at radius 2 is 2.16 bits per heavy atom. The SMILES string of the molecule is CCC(C)N(Cc1csc(COc2ccccc2C)n1)C(=O)C1CC1. The van der Waals surface area contributed by atoms with Crippen LogP contribution in [0.25, 0.3) is 0 Å². The van der Waals surface area contributed by atoms with Crippen LogP contribution in [-0.4, -0.2) is 21.8 Å². The topological polar surface area (TPSA) is 42.4 Å². The van der Waals surface area contributed by atoms with E-state index in [1.54, 1.807) is 11.3 Å². The van der Waals surface area contributed by atoms with Gasteiger partial charge in [-0.25, -0.2) is 4.98 Å². The van der Waals surface area contributed by atoms with Gasteiger partial charge in [-0.3, -0.25) is 4.79 Å². The molecule has 1 unspecified atom stereocenters. The largest absolute Gasteiger partial charge is 0.486 e. The molecule has 1 amide bonds. The molecule has 1 aromatic carbocycles. The number of hydrogen-bond donors (Lipinski definition) is 0. The molecule has 2 aromatic rings. The van der Waals surface area contributed by atoms with Crippen LogP contribution < -0.4 is 4.74 Å². The average Bonchev–Trinajstić information content (AvgIpc) is 3.38. The van der Waals surface area contributed by atoms with Gasteiger partial charge in [0.15, 0.2) is 0 Å². The second-order valence-electron chi connectivity index (χ2n) is 6.78. The molecular formula is C20H26N2O2S. The summed E-state index contributed by atoms with van der Waals surface area (Å²) in [4.78, 5) is 19.2. The van der Waals surface area contributed by atoms with Gasteiger partial charge >= 0.3 is 0 Å². The second-order valence-corrected chi connectivity index (χ2v) is 7.73. The fourth-order valence-corrected chi connectivity index (χ4v) is 3.45. The maximum absolute atomic E-state index is 12.5. The van der Waals surface area contributed by atoms with Gasteiger partial charge in [0, 0.05) is 17.3 Å². The lowest BCUT2D eigenvalue weighted by Gasteiger charge is -2.28. The Bertz CT molecular complexity index is 724. The maximum atomic E-state index is 12.5. The standard InChI is InChI=1S/C20H26N2O2S/c1-4-15(3)22(20(23)16-9-10-16)11-17-13-25-19(21-17)12-24-18-8-6-5-7-14(18)2/h5-8,13,15-16H,4,9-12H2,1-3H3. The van der Waals surface area contributed by atoms with Crippen molar-refractivity contribution in [3.05, 3.63) is 45.9 Å². The Hall–Kier alpha value is -1.88. The summed E-state index contributed by atoms with van der Waals surface area (Å²) in [6, 6.07) is 8.24. The van der Waals surface area contributed by atoms with Crippen LogP contribution in [0.5, 0.6) is 5.75 Å². The highest BCUT2D eigenvalue weighted by molar-refractivity contribution is 7.09. The number of aromatic nitrogens is 1. The predicted molar refractivity (Wildman–Crippen MR) is 101 cm³/mol. The van der Waals surface area contributed by atoms with Crippen LogP contribution in [0, 0.1) is 12.8 Å². The number of hydrogen-bond acceptors (Lipinski definition) is 4. The zero-order valence-corrected chi connectivity index (χ0v) is 16.0. The van der Waals surface area contributed by atoms with E-state index < -0.39 is 0 Å². The Balaban J connectivity index is 1.61. The van der Waals surface area contributed by atoms with Crippen LogP contribution in [0.15, 0.2) is 29.6 Å². The number of aryl methyl sites for hydroxylation is 1. The zero-order chi connectivity index (χ0) is 17.8. The summed E-state index contributed by atoms with van der Waals surface area (Å²) >= 11 is 1.60. The maximum Gasteiger partial charge on any atom is 0.226 e. The quantitative estimate of drug-likeness (QED) is 0.694. The van der Waals surface area contributed by atoms with Gasteiger partial charge in [-0.15, -0.1) is 11.3 Å². The van der Waals surface area contributed by atoms with Crippen molar-refractivity contribution in [3.63, 3.8) is 0 Å². The van der Waals surface area contributed by atoms with E-state index in [4.69, 9.17) is 4.74 Å². The molecule has 25 heavy (non-hydrogen) atoms. The third-order valence-corrected chi connectivity index (χ3v) is 5.58. The molecule has 0 radical (unpaired) electrons. The molecule has 4 nitrogen and oxygen atoms in total. The van der Waals surface area contributed by atoms with Gasteiger partial charge < -0.3 is 9.64 Å². The fourth-order valence-electron chi connectivity index (χ4n) is 2.76. The van der Waals surface area contributed by atoms with E-state index in [9.17, 15) is 4.79 Å². The highest BCUT2D eigenvalue weighted by Gasteiger charge is 2.35. The molecule has 0 aliphatic heterocycles. The minimum Gasteiger partial charge on any atom is -0.486 e. The minimum absolute atomic E-state index is 0.247. The van der Waals surface area contributed by atoms with E-state index >= 15 is 0 Å². The van der Waals surface area contributed by atoms with Crippen molar-refractivity contribution < 1.29 is 9.53 Å². The minimum atomic E-state index is 0.247. The molecule has 3 rings (SSSR count). The number of para-hydroxylation sites is 1. The molecular weight excluding hydrogens is 332 g/mol. The Kier molecular flexibility index (Phi) is 5.74. The molecule has 0 spiro atoms. The molecule has 1 aliphatic rings. The van der Waals surface area contributed by atoms with E-state index in [2.05, 4.69) is 18.8 Å². The van der Waals surface area contributed by atoms with E-state index in [0.29, 0.717) is 19.1 Å². The van der Waals surface area contributed by atoms with Crippen molar-refractivity contribution >= 4 is 17.2 Å². The summed E-state index contributed by atoms with van der Waals surface area (Å²) in [6.45, 7) is 7.35.